The lowest BCUT2D eigenvalue weighted by Crippen LogP contribution is -2.00. The highest BCUT2D eigenvalue weighted by atomic mass is 16.5. The van der Waals surface area contributed by atoms with Crippen molar-refractivity contribution in [3.05, 3.63) is 36.7 Å². The number of hydrogen-bond donors (Lipinski definition) is 1. The van der Waals surface area contributed by atoms with Crippen LogP contribution in [-0.2, 0) is 0 Å². The molecule has 5 heteroatoms. The van der Waals surface area contributed by atoms with E-state index in [1.165, 1.54) is 13.4 Å². The molecule has 0 amide bonds. The molecule has 16 heavy (non-hydrogen) atoms. The van der Waals surface area contributed by atoms with Crippen molar-refractivity contribution in [2.24, 2.45) is 0 Å². The highest BCUT2D eigenvalue weighted by Gasteiger charge is 2.09. The summed E-state index contributed by atoms with van der Waals surface area (Å²) in [6, 6.07) is 9.88. The average molecular weight is 216 g/mol. The number of nitrogens with zero attached hydrogens (tertiary/aromatic N) is 2. The summed E-state index contributed by atoms with van der Waals surface area (Å²) < 4.78 is 10.4. The minimum Gasteiger partial charge on any atom is -0.479 e. The molecule has 0 saturated heterocycles. The molecule has 5 nitrogen and oxygen atoms in total. The molecular formula is C11H10N3O2. The fraction of sp³-hybridized carbons (Fsp3) is 0.0909. The molecular weight excluding hydrogens is 206 g/mol. The van der Waals surface area contributed by atoms with E-state index in [2.05, 4.69) is 16.0 Å². The first-order valence-corrected chi connectivity index (χ1v) is 4.59. The predicted molar refractivity (Wildman–Crippen MR) is 58.3 cm³/mol. The Bertz CT molecular complexity index is 474. The Morgan fingerprint density at radius 1 is 1.19 bits per heavy atom. The van der Waals surface area contributed by atoms with Gasteiger partial charge in [-0.05, 0) is 18.2 Å². The van der Waals surface area contributed by atoms with Crippen molar-refractivity contribution in [1.29, 1.82) is 0 Å². The molecule has 81 valence electrons. The van der Waals surface area contributed by atoms with Gasteiger partial charge in [0.1, 0.15) is 12.1 Å². The third-order valence-corrected chi connectivity index (χ3v) is 1.91. The summed E-state index contributed by atoms with van der Waals surface area (Å²) >= 11 is 0. The third kappa shape index (κ3) is 2.03. The van der Waals surface area contributed by atoms with E-state index in [9.17, 15) is 0 Å². The highest BCUT2D eigenvalue weighted by Crippen LogP contribution is 2.29. The van der Waals surface area contributed by atoms with Gasteiger partial charge in [0.25, 0.3) is 0 Å². The molecule has 1 heterocycles. The smallest absolute Gasteiger partial charge is 0.249 e. The molecule has 1 aromatic heterocycles. The van der Waals surface area contributed by atoms with E-state index in [1.54, 1.807) is 24.3 Å². The summed E-state index contributed by atoms with van der Waals surface area (Å²) in [7, 11) is 1.49. The number of benzene rings is 1. The van der Waals surface area contributed by atoms with E-state index in [4.69, 9.17) is 15.2 Å². The van der Waals surface area contributed by atoms with Crippen molar-refractivity contribution in [3.8, 4) is 17.5 Å². The monoisotopic (exact) mass is 216 g/mol. The Balaban J connectivity index is 2.28. The first-order valence-electron chi connectivity index (χ1n) is 4.59. The van der Waals surface area contributed by atoms with Crippen LogP contribution in [0.2, 0.25) is 0 Å². The standard InChI is InChI=1S/C11H10N3O2/c1-15-10-9(12)11(14-7-13-10)16-8-5-3-2-4-6-8/h3-7H,12H2,1H3. The van der Waals surface area contributed by atoms with Crippen LogP contribution in [0.3, 0.4) is 0 Å². The molecule has 1 aromatic carbocycles. The highest BCUT2D eigenvalue weighted by molar-refractivity contribution is 5.56. The number of anilines is 1. The summed E-state index contributed by atoms with van der Waals surface area (Å²) in [5.41, 5.74) is 6.03. The van der Waals surface area contributed by atoms with E-state index < -0.39 is 0 Å². The molecule has 0 aliphatic carbocycles. The van der Waals surface area contributed by atoms with Gasteiger partial charge in [0.2, 0.25) is 11.8 Å². The van der Waals surface area contributed by atoms with Crippen LogP contribution >= 0.6 is 0 Å². The molecule has 0 atom stereocenters. The van der Waals surface area contributed by atoms with Crippen molar-refractivity contribution < 1.29 is 9.47 Å². The number of aromatic nitrogens is 2. The second-order valence-corrected chi connectivity index (χ2v) is 2.94. The molecule has 0 spiro atoms. The van der Waals surface area contributed by atoms with E-state index in [-0.39, 0.29) is 11.6 Å². The maximum atomic E-state index is 5.76. The second kappa shape index (κ2) is 4.48. The molecule has 2 aromatic rings. The molecule has 0 unspecified atom stereocenters. The van der Waals surface area contributed by atoms with Crippen molar-refractivity contribution in [2.75, 3.05) is 12.8 Å². The topological polar surface area (TPSA) is 70.3 Å². The normalized spacial score (nSPS) is 9.81. The SMILES string of the molecule is COc1ncnc(Oc2cc[c]cc2)c1N. The summed E-state index contributed by atoms with van der Waals surface area (Å²) in [5.74, 6) is 1.21. The first kappa shape index (κ1) is 10.2. The van der Waals surface area contributed by atoms with E-state index in [0.29, 0.717) is 11.6 Å². The molecule has 0 aliphatic rings. The maximum Gasteiger partial charge on any atom is 0.249 e. The summed E-state index contributed by atoms with van der Waals surface area (Å²) in [6.07, 6.45) is 1.33. The largest absolute Gasteiger partial charge is 0.479 e. The summed E-state index contributed by atoms with van der Waals surface area (Å²) in [4.78, 5) is 7.79. The van der Waals surface area contributed by atoms with Crippen LogP contribution in [0.1, 0.15) is 0 Å². The van der Waals surface area contributed by atoms with Crippen LogP contribution in [0.15, 0.2) is 30.6 Å². The fourth-order valence-corrected chi connectivity index (χ4v) is 1.16. The maximum absolute atomic E-state index is 5.76. The zero-order valence-electron chi connectivity index (χ0n) is 8.68. The van der Waals surface area contributed by atoms with Gasteiger partial charge >= 0.3 is 0 Å². The lowest BCUT2D eigenvalue weighted by Gasteiger charge is -2.08. The van der Waals surface area contributed by atoms with Crippen LogP contribution in [0.25, 0.3) is 0 Å². The van der Waals surface area contributed by atoms with Crippen molar-refractivity contribution in [2.45, 2.75) is 0 Å². The van der Waals surface area contributed by atoms with E-state index >= 15 is 0 Å². The van der Waals surface area contributed by atoms with Gasteiger partial charge in [-0.2, -0.15) is 9.97 Å². The number of rotatable bonds is 3. The van der Waals surface area contributed by atoms with Crippen molar-refractivity contribution in [3.63, 3.8) is 0 Å². The first-order chi connectivity index (χ1) is 7.81. The second-order valence-electron chi connectivity index (χ2n) is 2.94. The van der Waals surface area contributed by atoms with Crippen LogP contribution in [0, 0.1) is 6.07 Å². The lowest BCUT2D eigenvalue weighted by molar-refractivity contribution is 0.391. The number of methoxy groups -OCH3 is 1. The van der Waals surface area contributed by atoms with Gasteiger partial charge < -0.3 is 15.2 Å². The molecule has 0 bridgehead atoms. The van der Waals surface area contributed by atoms with Crippen LogP contribution in [0.4, 0.5) is 5.69 Å². The predicted octanol–water partition coefficient (Wildman–Crippen LogP) is 1.66. The number of nitrogen functional groups attached to an aromatic ring is 1. The van der Waals surface area contributed by atoms with Crippen LogP contribution in [0.5, 0.6) is 17.5 Å². The summed E-state index contributed by atoms with van der Waals surface area (Å²) in [6.45, 7) is 0. The fourth-order valence-electron chi connectivity index (χ4n) is 1.16. The quantitative estimate of drug-likeness (QED) is 0.844. The van der Waals surface area contributed by atoms with E-state index in [0.717, 1.165) is 0 Å². The van der Waals surface area contributed by atoms with Crippen LogP contribution < -0.4 is 15.2 Å². The van der Waals surface area contributed by atoms with Gasteiger partial charge in [0.05, 0.1) is 7.11 Å². The Morgan fingerprint density at radius 3 is 2.56 bits per heavy atom. The Labute approximate surface area is 92.9 Å². The minimum atomic E-state index is 0.276. The van der Waals surface area contributed by atoms with Crippen molar-refractivity contribution >= 4 is 5.69 Å². The average Bonchev–Trinajstić information content (AvgIpc) is 2.33. The van der Waals surface area contributed by atoms with Gasteiger partial charge in [-0.15, -0.1) is 0 Å². The molecule has 0 aliphatic heterocycles. The number of nitrogens with two attached hydrogens (primary N) is 1. The zero-order valence-corrected chi connectivity index (χ0v) is 8.68. The third-order valence-electron chi connectivity index (χ3n) is 1.91. The lowest BCUT2D eigenvalue weighted by atomic mass is 10.3. The van der Waals surface area contributed by atoms with Gasteiger partial charge in [0, 0.05) is 0 Å². The van der Waals surface area contributed by atoms with Crippen molar-refractivity contribution in [1.82, 2.24) is 9.97 Å². The molecule has 1 radical (unpaired) electrons. The number of ether oxygens (including phenoxy) is 2. The summed E-state index contributed by atoms with van der Waals surface area (Å²) in [5, 5.41) is 0. The molecule has 2 N–H and O–H groups in total. The molecule has 0 saturated carbocycles. The Kier molecular flexibility index (Phi) is 2.86. The number of hydrogen-bond acceptors (Lipinski definition) is 5. The van der Waals surface area contributed by atoms with Crippen LogP contribution in [-0.4, -0.2) is 17.1 Å². The Hall–Kier alpha value is -2.30. The van der Waals surface area contributed by atoms with Gasteiger partial charge in [0.15, 0.2) is 5.69 Å². The molecule has 2 rings (SSSR count). The van der Waals surface area contributed by atoms with Gasteiger partial charge in [-0.3, -0.25) is 0 Å². The molecule has 0 fully saturated rings. The minimum absolute atomic E-state index is 0.276. The Morgan fingerprint density at radius 2 is 1.88 bits per heavy atom. The zero-order chi connectivity index (χ0) is 11.4. The van der Waals surface area contributed by atoms with E-state index in [1.807, 2.05) is 0 Å². The van der Waals surface area contributed by atoms with Gasteiger partial charge in [-0.25, -0.2) is 0 Å². The van der Waals surface area contributed by atoms with Gasteiger partial charge in [-0.1, -0.05) is 12.1 Å².